The summed E-state index contributed by atoms with van der Waals surface area (Å²) in [6.45, 7) is 0.378. The van der Waals surface area contributed by atoms with Crippen LogP contribution in [0.2, 0.25) is 0 Å². The van der Waals surface area contributed by atoms with Gasteiger partial charge in [-0.25, -0.2) is 19.9 Å². The molecule has 3 aromatic rings. The highest BCUT2D eigenvalue weighted by Crippen LogP contribution is 2.14. The third kappa shape index (κ3) is 1.97. The van der Waals surface area contributed by atoms with Crippen LogP contribution in [0.3, 0.4) is 0 Å². The van der Waals surface area contributed by atoms with Crippen LogP contribution in [0.1, 0.15) is 5.69 Å². The van der Waals surface area contributed by atoms with Crippen LogP contribution in [-0.2, 0) is 6.54 Å². The summed E-state index contributed by atoms with van der Waals surface area (Å²) < 4.78 is 12.9. The van der Waals surface area contributed by atoms with Crippen LogP contribution in [0.5, 0.6) is 0 Å². The number of nitrogens with zero attached hydrogens (tertiary/aromatic N) is 4. The largest absolute Gasteiger partial charge is 0.363 e. The fraction of sp³-hybridized carbons (Fsp3) is 0.0909. The van der Waals surface area contributed by atoms with E-state index in [-0.39, 0.29) is 0 Å². The Labute approximate surface area is 101 Å². The molecule has 0 spiro atoms. The van der Waals surface area contributed by atoms with Crippen LogP contribution >= 0.6 is 0 Å². The summed E-state index contributed by atoms with van der Waals surface area (Å²) in [7, 11) is 0. The quantitative estimate of drug-likeness (QED) is 0.682. The van der Waals surface area contributed by atoms with Gasteiger partial charge in [0.25, 0.3) is 0 Å². The number of nitrogens with one attached hydrogen (secondary N) is 2. The molecule has 0 fully saturated rings. The second-order valence-electron chi connectivity index (χ2n) is 3.63. The van der Waals surface area contributed by atoms with Crippen LogP contribution < -0.4 is 5.32 Å². The van der Waals surface area contributed by atoms with Crippen LogP contribution in [0.25, 0.3) is 11.2 Å². The summed E-state index contributed by atoms with van der Waals surface area (Å²) >= 11 is 0. The minimum atomic E-state index is -0.497. The highest BCUT2D eigenvalue weighted by atomic mass is 19.1. The van der Waals surface area contributed by atoms with Crippen molar-refractivity contribution in [2.45, 2.75) is 6.54 Å². The Balaban J connectivity index is 1.83. The summed E-state index contributed by atoms with van der Waals surface area (Å²) in [5.74, 6) is 0.118. The average Bonchev–Trinajstić information content (AvgIpc) is 2.85. The molecule has 0 saturated carbocycles. The van der Waals surface area contributed by atoms with Gasteiger partial charge in [0.2, 0.25) is 5.95 Å². The topological polar surface area (TPSA) is 79.4 Å². The molecule has 0 unspecified atom stereocenters. The number of imidazole rings is 1. The molecule has 0 radical (unpaired) electrons. The summed E-state index contributed by atoms with van der Waals surface area (Å²) in [6, 6.07) is 4.66. The Morgan fingerprint density at radius 1 is 1.22 bits per heavy atom. The Morgan fingerprint density at radius 2 is 2.17 bits per heavy atom. The molecular weight excluding hydrogens is 235 g/mol. The van der Waals surface area contributed by atoms with E-state index in [4.69, 9.17) is 0 Å². The lowest BCUT2D eigenvalue weighted by Gasteiger charge is -2.05. The first-order valence-corrected chi connectivity index (χ1v) is 5.32. The number of H-pyrrole nitrogens is 1. The monoisotopic (exact) mass is 244 g/mol. The van der Waals surface area contributed by atoms with E-state index in [0.29, 0.717) is 29.2 Å². The van der Waals surface area contributed by atoms with Crippen LogP contribution in [0, 0.1) is 5.95 Å². The highest BCUT2D eigenvalue weighted by molar-refractivity contribution is 5.81. The number of hydrogen-bond acceptors (Lipinski definition) is 5. The zero-order chi connectivity index (χ0) is 12.4. The molecule has 3 aromatic heterocycles. The van der Waals surface area contributed by atoms with Crippen LogP contribution in [0.15, 0.2) is 30.9 Å². The van der Waals surface area contributed by atoms with Crippen molar-refractivity contribution in [3.8, 4) is 0 Å². The number of halogens is 1. The normalized spacial score (nSPS) is 10.7. The van der Waals surface area contributed by atoms with E-state index in [1.807, 2.05) is 0 Å². The van der Waals surface area contributed by atoms with Crippen LogP contribution in [0.4, 0.5) is 10.2 Å². The number of pyridine rings is 1. The van der Waals surface area contributed by atoms with E-state index >= 15 is 0 Å². The van der Waals surface area contributed by atoms with Gasteiger partial charge in [-0.15, -0.1) is 0 Å². The Morgan fingerprint density at radius 3 is 3.06 bits per heavy atom. The molecule has 0 bridgehead atoms. The molecule has 0 atom stereocenters. The molecule has 0 aromatic carbocycles. The van der Waals surface area contributed by atoms with Gasteiger partial charge in [0.05, 0.1) is 18.6 Å². The highest BCUT2D eigenvalue weighted by Gasteiger charge is 2.05. The van der Waals surface area contributed by atoms with Crippen molar-refractivity contribution >= 4 is 17.0 Å². The summed E-state index contributed by atoms with van der Waals surface area (Å²) in [5.41, 5.74) is 1.90. The van der Waals surface area contributed by atoms with E-state index in [2.05, 4.69) is 30.2 Å². The molecule has 0 amide bonds. The Kier molecular flexibility index (Phi) is 2.56. The number of fused-ring (bicyclic) bond motifs is 1. The average molecular weight is 244 g/mol. The van der Waals surface area contributed by atoms with Gasteiger partial charge in [-0.3, -0.25) is 0 Å². The summed E-state index contributed by atoms with van der Waals surface area (Å²) in [4.78, 5) is 18.8. The number of aromatic amines is 1. The third-order valence-electron chi connectivity index (χ3n) is 2.43. The Bertz CT molecular complexity index is 680. The SMILES string of the molecule is Fc1cccc(CNc2ncnc3nc[nH]c23)n1. The lowest BCUT2D eigenvalue weighted by molar-refractivity contribution is 0.578. The maximum atomic E-state index is 12.9. The lowest BCUT2D eigenvalue weighted by atomic mass is 10.3. The van der Waals surface area contributed by atoms with Gasteiger partial charge in [-0.05, 0) is 12.1 Å². The maximum Gasteiger partial charge on any atom is 0.213 e. The van der Waals surface area contributed by atoms with Crippen molar-refractivity contribution in [2.75, 3.05) is 5.32 Å². The molecule has 18 heavy (non-hydrogen) atoms. The number of hydrogen-bond donors (Lipinski definition) is 2. The van der Waals surface area contributed by atoms with Crippen molar-refractivity contribution in [1.82, 2.24) is 24.9 Å². The van der Waals surface area contributed by atoms with Gasteiger partial charge >= 0.3 is 0 Å². The van der Waals surface area contributed by atoms with Gasteiger partial charge in [0.1, 0.15) is 11.8 Å². The first-order valence-electron chi connectivity index (χ1n) is 5.32. The van der Waals surface area contributed by atoms with Gasteiger partial charge in [-0.1, -0.05) is 6.07 Å². The van der Waals surface area contributed by atoms with Crippen molar-refractivity contribution in [3.63, 3.8) is 0 Å². The van der Waals surface area contributed by atoms with Crippen molar-refractivity contribution in [1.29, 1.82) is 0 Å². The smallest absolute Gasteiger partial charge is 0.213 e. The molecule has 0 aliphatic heterocycles. The minimum Gasteiger partial charge on any atom is -0.363 e. The van der Waals surface area contributed by atoms with Crippen molar-refractivity contribution in [2.24, 2.45) is 0 Å². The van der Waals surface area contributed by atoms with Gasteiger partial charge < -0.3 is 10.3 Å². The molecule has 3 rings (SSSR count). The van der Waals surface area contributed by atoms with E-state index < -0.39 is 5.95 Å². The predicted octanol–water partition coefficient (Wildman–Crippen LogP) is 1.50. The van der Waals surface area contributed by atoms with E-state index in [0.717, 1.165) is 0 Å². The number of anilines is 1. The fourth-order valence-electron chi connectivity index (χ4n) is 1.62. The zero-order valence-corrected chi connectivity index (χ0v) is 9.26. The molecule has 2 N–H and O–H groups in total. The third-order valence-corrected chi connectivity index (χ3v) is 2.43. The standard InChI is InChI=1S/C11H9FN6/c12-8-3-1-2-7(18-8)4-13-10-9-11(15-5-14-9)17-6-16-10/h1-3,5-6H,4H2,(H2,13,14,15,16,17). The molecule has 90 valence electrons. The molecule has 0 aliphatic rings. The second kappa shape index (κ2) is 4.36. The molecule has 6 nitrogen and oxygen atoms in total. The summed E-state index contributed by atoms with van der Waals surface area (Å²) in [5, 5.41) is 3.07. The molecule has 7 heteroatoms. The summed E-state index contributed by atoms with van der Waals surface area (Å²) in [6.07, 6.45) is 2.97. The maximum absolute atomic E-state index is 12.9. The molecule has 0 saturated heterocycles. The van der Waals surface area contributed by atoms with E-state index in [9.17, 15) is 4.39 Å². The van der Waals surface area contributed by atoms with Crippen molar-refractivity contribution in [3.05, 3.63) is 42.5 Å². The first kappa shape index (κ1) is 10.6. The lowest BCUT2D eigenvalue weighted by Crippen LogP contribution is -2.04. The first-order chi connectivity index (χ1) is 8.83. The number of rotatable bonds is 3. The van der Waals surface area contributed by atoms with Gasteiger partial charge in [0, 0.05) is 0 Å². The Hall–Kier alpha value is -2.57. The van der Waals surface area contributed by atoms with Gasteiger partial charge in [-0.2, -0.15) is 4.39 Å². The van der Waals surface area contributed by atoms with E-state index in [1.165, 1.54) is 12.4 Å². The minimum absolute atomic E-state index is 0.378. The molecular formula is C11H9FN6. The van der Waals surface area contributed by atoms with Crippen molar-refractivity contribution < 1.29 is 4.39 Å². The predicted molar refractivity (Wildman–Crippen MR) is 63.2 cm³/mol. The van der Waals surface area contributed by atoms with Crippen LogP contribution in [-0.4, -0.2) is 24.9 Å². The fourth-order valence-corrected chi connectivity index (χ4v) is 1.62. The second-order valence-corrected chi connectivity index (χ2v) is 3.63. The molecule has 3 heterocycles. The van der Waals surface area contributed by atoms with Gasteiger partial charge in [0.15, 0.2) is 11.5 Å². The molecule has 0 aliphatic carbocycles. The number of aromatic nitrogens is 5. The zero-order valence-electron chi connectivity index (χ0n) is 9.26. The van der Waals surface area contributed by atoms with E-state index in [1.54, 1.807) is 18.5 Å².